The maximum absolute atomic E-state index is 11.9. The summed E-state index contributed by atoms with van der Waals surface area (Å²) in [5.41, 5.74) is 2.00. The zero-order valence-corrected chi connectivity index (χ0v) is 21.2. The molecule has 0 unspecified atom stereocenters. The van der Waals surface area contributed by atoms with Crippen molar-refractivity contribution in [1.29, 1.82) is 0 Å². The fourth-order valence-corrected chi connectivity index (χ4v) is 5.62. The minimum absolute atomic E-state index is 0.176. The van der Waals surface area contributed by atoms with Gasteiger partial charge in [-0.05, 0) is 50.5 Å². The third-order valence-corrected chi connectivity index (χ3v) is 7.71. The molecule has 0 bridgehead atoms. The van der Waals surface area contributed by atoms with Crippen LogP contribution >= 0.6 is 23.2 Å². The number of nitrogens with one attached hydrogen (secondary N) is 1. The third kappa shape index (κ3) is 5.46. The molecule has 3 heterocycles. The van der Waals surface area contributed by atoms with Crippen molar-refractivity contribution in [2.24, 2.45) is 0 Å². The highest BCUT2D eigenvalue weighted by Gasteiger charge is 2.40. The smallest absolute Gasteiger partial charge is 0.252 e. The van der Waals surface area contributed by atoms with Crippen molar-refractivity contribution in [2.75, 3.05) is 44.7 Å². The Balaban J connectivity index is 1.35. The van der Waals surface area contributed by atoms with Crippen LogP contribution in [0.5, 0.6) is 0 Å². The molecule has 1 atom stereocenters. The number of carbonyl (C=O) groups excluding carboxylic acids is 1. The predicted molar refractivity (Wildman–Crippen MR) is 135 cm³/mol. The lowest BCUT2D eigenvalue weighted by Crippen LogP contribution is -2.63. The number of amides is 1. The molecule has 2 aromatic rings. The van der Waals surface area contributed by atoms with E-state index in [0.29, 0.717) is 16.6 Å². The largest absolute Gasteiger partial charge is 0.355 e. The lowest BCUT2D eigenvalue weighted by atomic mass is 9.85. The topological polar surface area (TPSA) is 51.7 Å². The van der Waals surface area contributed by atoms with Crippen LogP contribution in [0, 0.1) is 0 Å². The molecule has 0 saturated carbocycles. The van der Waals surface area contributed by atoms with Crippen LogP contribution in [0.4, 0.5) is 5.82 Å². The minimum atomic E-state index is -0.176. The summed E-state index contributed by atoms with van der Waals surface area (Å²) in [5.74, 6) is 0.586. The highest BCUT2D eigenvalue weighted by molar-refractivity contribution is 6.33. The summed E-state index contributed by atoms with van der Waals surface area (Å²) in [4.78, 5) is 23.8. The molecule has 6 nitrogen and oxygen atoms in total. The number of hydrogen-bond acceptors (Lipinski definition) is 5. The van der Waals surface area contributed by atoms with Crippen LogP contribution in [-0.4, -0.2) is 72.0 Å². The van der Waals surface area contributed by atoms with Gasteiger partial charge in [-0.3, -0.25) is 14.6 Å². The Labute approximate surface area is 206 Å². The molecule has 0 spiro atoms. The van der Waals surface area contributed by atoms with Crippen molar-refractivity contribution in [3.05, 3.63) is 57.7 Å². The van der Waals surface area contributed by atoms with Gasteiger partial charge in [-0.1, -0.05) is 35.3 Å². The number of piperazine rings is 1. The van der Waals surface area contributed by atoms with Gasteiger partial charge >= 0.3 is 0 Å². The van der Waals surface area contributed by atoms with Gasteiger partial charge in [-0.2, -0.15) is 0 Å². The van der Waals surface area contributed by atoms with E-state index in [2.05, 4.69) is 51.0 Å². The number of piperidine rings is 1. The molecule has 0 radical (unpaired) electrons. The summed E-state index contributed by atoms with van der Waals surface area (Å²) >= 11 is 12.5. The van der Waals surface area contributed by atoms with Gasteiger partial charge in [0.15, 0.2) is 0 Å². The first kappa shape index (κ1) is 24.3. The second-order valence-corrected chi connectivity index (χ2v) is 10.3. The van der Waals surface area contributed by atoms with Crippen molar-refractivity contribution < 1.29 is 4.79 Å². The molecule has 2 aliphatic rings. The Morgan fingerprint density at radius 2 is 1.85 bits per heavy atom. The minimum Gasteiger partial charge on any atom is -0.355 e. The summed E-state index contributed by atoms with van der Waals surface area (Å²) in [6, 6.07) is 10.3. The van der Waals surface area contributed by atoms with Gasteiger partial charge < -0.3 is 10.2 Å². The number of anilines is 1. The molecule has 1 amide bonds. The molecule has 1 N–H and O–H groups in total. The van der Waals surface area contributed by atoms with Gasteiger partial charge in [0.1, 0.15) is 5.82 Å². The molecule has 4 rings (SSSR count). The lowest BCUT2D eigenvalue weighted by Gasteiger charge is -2.53. The monoisotopic (exact) mass is 489 g/mol. The van der Waals surface area contributed by atoms with Crippen LogP contribution in [0.3, 0.4) is 0 Å². The SMILES string of the molecule is CNC(=O)c1cnc(N2CCN(C3(C)CCN(Cc4ccc(Cl)cc4)CC3)[C@@H](C)C2)c(Cl)c1. The first-order chi connectivity index (χ1) is 15.8. The van der Waals surface area contributed by atoms with E-state index in [1.165, 1.54) is 5.56 Å². The summed E-state index contributed by atoms with van der Waals surface area (Å²) in [6.45, 7) is 10.6. The van der Waals surface area contributed by atoms with Crippen molar-refractivity contribution >= 4 is 34.9 Å². The Kier molecular flexibility index (Phi) is 7.49. The molecule has 1 aromatic carbocycles. The molecule has 2 saturated heterocycles. The van der Waals surface area contributed by atoms with Crippen molar-refractivity contribution in [3.63, 3.8) is 0 Å². The highest BCUT2D eigenvalue weighted by atomic mass is 35.5. The summed E-state index contributed by atoms with van der Waals surface area (Å²) in [6.07, 6.45) is 3.92. The lowest BCUT2D eigenvalue weighted by molar-refractivity contribution is 0.000518. The number of nitrogens with zero attached hydrogens (tertiary/aromatic N) is 4. The van der Waals surface area contributed by atoms with E-state index in [-0.39, 0.29) is 11.4 Å². The predicted octanol–water partition coefficient (Wildman–Crippen LogP) is 4.31. The summed E-state index contributed by atoms with van der Waals surface area (Å²) in [5, 5.41) is 3.93. The van der Waals surface area contributed by atoms with Gasteiger partial charge in [0.05, 0.1) is 10.6 Å². The third-order valence-electron chi connectivity index (χ3n) is 7.18. The van der Waals surface area contributed by atoms with E-state index in [4.69, 9.17) is 23.2 Å². The number of hydrogen-bond donors (Lipinski definition) is 1. The standard InChI is InChI=1S/C25H33Cl2N5O/c1-18-16-31(23-22(27)14-20(15-29-23)24(33)28-3)12-13-32(18)25(2)8-10-30(11-9-25)17-19-4-6-21(26)7-5-19/h4-7,14-15,18H,8-13,16-17H2,1-3H3,(H,28,33)/t18-/m0/s1. The second kappa shape index (κ2) is 10.2. The van der Waals surface area contributed by atoms with E-state index in [1.807, 2.05) is 12.1 Å². The first-order valence-corrected chi connectivity index (χ1v) is 12.4. The Hall–Kier alpha value is -1.86. The van der Waals surface area contributed by atoms with Crippen LogP contribution in [0.25, 0.3) is 0 Å². The van der Waals surface area contributed by atoms with Gasteiger partial charge in [-0.25, -0.2) is 4.98 Å². The Bertz CT molecular complexity index is 975. The Morgan fingerprint density at radius 3 is 2.45 bits per heavy atom. The van der Waals surface area contributed by atoms with E-state index < -0.39 is 0 Å². The zero-order valence-electron chi connectivity index (χ0n) is 19.7. The van der Waals surface area contributed by atoms with E-state index in [9.17, 15) is 4.79 Å². The van der Waals surface area contributed by atoms with Gasteiger partial charge in [0.25, 0.3) is 5.91 Å². The van der Waals surface area contributed by atoms with Crippen molar-refractivity contribution in [1.82, 2.24) is 20.1 Å². The molecule has 8 heteroatoms. The molecule has 33 heavy (non-hydrogen) atoms. The van der Waals surface area contributed by atoms with E-state index in [1.54, 1.807) is 19.3 Å². The van der Waals surface area contributed by atoms with Crippen LogP contribution in [-0.2, 0) is 6.54 Å². The van der Waals surface area contributed by atoms with Crippen LogP contribution in [0.15, 0.2) is 36.5 Å². The molecule has 178 valence electrons. The average Bonchev–Trinajstić information content (AvgIpc) is 2.81. The molecule has 1 aromatic heterocycles. The number of pyridine rings is 1. The van der Waals surface area contributed by atoms with E-state index >= 15 is 0 Å². The summed E-state index contributed by atoms with van der Waals surface area (Å²) in [7, 11) is 1.60. The van der Waals surface area contributed by atoms with E-state index in [0.717, 1.165) is 63.0 Å². The van der Waals surface area contributed by atoms with Gasteiger partial charge in [0, 0.05) is 69.1 Å². The highest BCUT2D eigenvalue weighted by Crippen LogP contribution is 2.34. The Morgan fingerprint density at radius 1 is 1.15 bits per heavy atom. The number of likely N-dealkylation sites (tertiary alicyclic amines) is 1. The fraction of sp³-hybridized carbons (Fsp3) is 0.520. The first-order valence-electron chi connectivity index (χ1n) is 11.7. The molecule has 2 fully saturated rings. The van der Waals surface area contributed by atoms with Crippen LogP contribution in [0.2, 0.25) is 10.0 Å². The second-order valence-electron chi connectivity index (χ2n) is 9.50. The number of carbonyl (C=O) groups is 1. The number of halogens is 2. The van der Waals surface area contributed by atoms with Gasteiger partial charge in [-0.15, -0.1) is 0 Å². The quantitative estimate of drug-likeness (QED) is 0.677. The molecular weight excluding hydrogens is 457 g/mol. The number of aromatic nitrogens is 1. The van der Waals surface area contributed by atoms with Gasteiger partial charge in [0.2, 0.25) is 0 Å². The molecule has 0 aliphatic carbocycles. The molecule has 2 aliphatic heterocycles. The van der Waals surface area contributed by atoms with Crippen molar-refractivity contribution in [3.8, 4) is 0 Å². The van der Waals surface area contributed by atoms with Crippen molar-refractivity contribution in [2.45, 2.75) is 44.8 Å². The maximum atomic E-state index is 11.9. The van der Waals surface area contributed by atoms with Crippen LogP contribution in [0.1, 0.15) is 42.6 Å². The average molecular weight is 490 g/mol. The normalized spacial score (nSPS) is 21.7. The van der Waals surface area contributed by atoms with Crippen LogP contribution < -0.4 is 10.2 Å². The number of benzene rings is 1. The fourth-order valence-electron chi connectivity index (χ4n) is 5.21. The summed E-state index contributed by atoms with van der Waals surface area (Å²) < 4.78 is 0. The number of rotatable bonds is 5. The zero-order chi connectivity index (χ0) is 23.6. The molecular formula is C25H33Cl2N5O. The maximum Gasteiger partial charge on any atom is 0.252 e.